The monoisotopic (exact) mass is 531 g/mol. The first-order valence-corrected chi connectivity index (χ1v) is 11.4. The zero-order valence-corrected chi connectivity index (χ0v) is 20.2. The maximum atomic E-state index is 10.3. The Balaban J connectivity index is 2.07. The molecule has 0 aliphatic carbocycles. The largest absolute Gasteiger partial charge is 0.386 e. The molecule has 1 atom stereocenters. The molecular weight excluding hydrogens is 497 g/mol. The van der Waals surface area contributed by atoms with E-state index in [1.54, 1.807) is 6.92 Å². The third-order valence-corrected chi connectivity index (χ3v) is 5.25. The van der Waals surface area contributed by atoms with E-state index >= 15 is 0 Å². The second kappa shape index (κ2) is 12.6. The minimum Gasteiger partial charge on any atom is -0.386 e. The molecule has 0 fully saturated rings. The van der Waals surface area contributed by atoms with Gasteiger partial charge in [0.2, 0.25) is 0 Å². The van der Waals surface area contributed by atoms with Crippen molar-refractivity contribution in [3.8, 4) is 0 Å². The van der Waals surface area contributed by atoms with Crippen LogP contribution in [0.5, 0.6) is 0 Å². The van der Waals surface area contributed by atoms with E-state index in [4.69, 9.17) is 19.9 Å². The average Bonchev–Trinajstić information content (AvgIpc) is 2.72. The van der Waals surface area contributed by atoms with Crippen LogP contribution in [-0.4, -0.2) is 61.0 Å². The minimum atomic E-state index is -1.17. The number of nitrogens with zero attached hydrogens (tertiary/aromatic N) is 1. The Morgan fingerprint density at radius 1 is 1.47 bits per heavy atom. The number of nitrogens with one attached hydrogen (secondary N) is 4. The molecule has 0 amide bonds. The summed E-state index contributed by atoms with van der Waals surface area (Å²) in [6, 6.07) is 4.21. The SMILES string of the molecule is CCOC(O)/C(C=N)=C(\COC(C)(C)CNI)NCCc1ccc2c(n1)NCCC2. The Bertz CT molecular complexity index is 727. The lowest BCUT2D eigenvalue weighted by molar-refractivity contribution is -0.0652. The van der Waals surface area contributed by atoms with Crippen molar-refractivity contribution in [3.63, 3.8) is 0 Å². The van der Waals surface area contributed by atoms with Crippen LogP contribution in [0, 0.1) is 5.41 Å². The maximum Gasteiger partial charge on any atom is 0.184 e. The topological polar surface area (TPSA) is 112 Å². The molecule has 1 aliphatic rings. The molecule has 9 heteroatoms. The smallest absolute Gasteiger partial charge is 0.184 e. The third-order valence-electron chi connectivity index (χ3n) is 4.87. The molecular formula is C21H34IN5O3. The highest BCUT2D eigenvalue weighted by Gasteiger charge is 2.21. The molecule has 30 heavy (non-hydrogen) atoms. The van der Waals surface area contributed by atoms with Crippen LogP contribution in [0.2, 0.25) is 0 Å². The van der Waals surface area contributed by atoms with Crippen LogP contribution in [0.4, 0.5) is 5.82 Å². The summed E-state index contributed by atoms with van der Waals surface area (Å²) in [6.07, 6.45) is 2.87. The van der Waals surface area contributed by atoms with Gasteiger partial charge in [-0.15, -0.1) is 0 Å². The molecule has 0 saturated carbocycles. The minimum absolute atomic E-state index is 0.235. The van der Waals surface area contributed by atoms with Crippen LogP contribution in [0.3, 0.4) is 0 Å². The molecule has 0 bridgehead atoms. The van der Waals surface area contributed by atoms with E-state index in [1.807, 2.05) is 13.8 Å². The van der Waals surface area contributed by atoms with Gasteiger partial charge in [-0.1, -0.05) is 6.07 Å². The second-order valence-electron chi connectivity index (χ2n) is 7.76. The van der Waals surface area contributed by atoms with Gasteiger partial charge in [0.25, 0.3) is 0 Å². The number of fused-ring (bicyclic) bond motifs is 1. The van der Waals surface area contributed by atoms with Crippen molar-refractivity contribution >= 4 is 34.9 Å². The van der Waals surface area contributed by atoms with E-state index in [1.165, 1.54) is 5.56 Å². The van der Waals surface area contributed by atoms with Gasteiger partial charge in [0.15, 0.2) is 6.29 Å². The van der Waals surface area contributed by atoms with Crippen molar-refractivity contribution < 1.29 is 14.6 Å². The molecule has 8 nitrogen and oxygen atoms in total. The number of rotatable bonds is 13. The lowest BCUT2D eigenvalue weighted by Crippen LogP contribution is -2.37. The van der Waals surface area contributed by atoms with Crippen LogP contribution in [0.15, 0.2) is 23.4 Å². The number of anilines is 1. The molecule has 0 aromatic carbocycles. The van der Waals surface area contributed by atoms with E-state index in [0.717, 1.165) is 37.1 Å². The van der Waals surface area contributed by atoms with Crippen molar-refractivity contribution in [1.82, 2.24) is 13.8 Å². The highest BCUT2D eigenvalue weighted by atomic mass is 127. The Morgan fingerprint density at radius 2 is 2.27 bits per heavy atom. The van der Waals surface area contributed by atoms with Gasteiger partial charge in [0, 0.05) is 78.7 Å². The van der Waals surface area contributed by atoms with Crippen LogP contribution < -0.4 is 14.2 Å². The van der Waals surface area contributed by atoms with Gasteiger partial charge in [-0.2, -0.15) is 0 Å². The Morgan fingerprint density at radius 3 is 2.97 bits per heavy atom. The van der Waals surface area contributed by atoms with Crippen LogP contribution in [0.25, 0.3) is 0 Å². The summed E-state index contributed by atoms with van der Waals surface area (Å²) in [5, 5.41) is 24.8. The van der Waals surface area contributed by atoms with Gasteiger partial charge in [0.1, 0.15) is 5.82 Å². The number of aromatic nitrogens is 1. The molecule has 0 spiro atoms. The Kier molecular flexibility index (Phi) is 10.5. The number of halogens is 1. The first kappa shape index (κ1) is 25.0. The van der Waals surface area contributed by atoms with Gasteiger partial charge in [0.05, 0.1) is 12.2 Å². The predicted octanol–water partition coefficient (Wildman–Crippen LogP) is 2.57. The van der Waals surface area contributed by atoms with Gasteiger partial charge in [-0.25, -0.2) is 4.98 Å². The molecule has 1 aliphatic heterocycles. The summed E-state index contributed by atoms with van der Waals surface area (Å²) < 4.78 is 14.4. The molecule has 0 radical (unpaired) electrons. The van der Waals surface area contributed by atoms with Gasteiger partial charge < -0.3 is 30.6 Å². The van der Waals surface area contributed by atoms with Crippen molar-refractivity contribution in [2.45, 2.75) is 51.9 Å². The molecule has 0 saturated heterocycles. The summed E-state index contributed by atoms with van der Waals surface area (Å²) >= 11 is 2.09. The van der Waals surface area contributed by atoms with Crippen molar-refractivity contribution in [2.24, 2.45) is 0 Å². The fraction of sp³-hybridized carbons (Fsp3) is 0.619. The molecule has 2 heterocycles. The predicted molar refractivity (Wildman–Crippen MR) is 128 cm³/mol. The molecule has 1 aromatic heterocycles. The van der Waals surface area contributed by atoms with Crippen LogP contribution in [-0.2, 0) is 22.3 Å². The number of hydrogen-bond donors (Lipinski definition) is 5. The summed E-state index contributed by atoms with van der Waals surface area (Å²) in [4.78, 5) is 4.72. The maximum absolute atomic E-state index is 10.3. The highest BCUT2D eigenvalue weighted by Crippen LogP contribution is 2.20. The van der Waals surface area contributed by atoms with Gasteiger partial charge in [-0.05, 0) is 45.2 Å². The standard InChI is InChI=1S/C21H34IN5O3/c1-4-29-20(28)17(12-23)18(13-30-21(2,3)14-26-22)24-11-9-16-8-7-15-6-5-10-25-19(15)27-16/h7-8,12,20,23-24,26,28H,4-6,9-11,13-14H2,1-3H3,(H,25,27)/b18-17+,23-12?. The summed E-state index contributed by atoms with van der Waals surface area (Å²) in [7, 11) is 0. The molecule has 2 rings (SSSR count). The number of pyridine rings is 1. The molecule has 168 valence electrons. The first-order chi connectivity index (χ1) is 14.4. The van der Waals surface area contributed by atoms with E-state index in [2.05, 4.69) is 49.2 Å². The lowest BCUT2D eigenvalue weighted by atomic mass is 10.1. The highest BCUT2D eigenvalue weighted by molar-refractivity contribution is 14.1. The summed E-state index contributed by atoms with van der Waals surface area (Å²) in [6.45, 7) is 8.60. The summed E-state index contributed by atoms with van der Waals surface area (Å²) in [5.74, 6) is 0.984. The average molecular weight is 531 g/mol. The zero-order chi connectivity index (χ0) is 22.0. The first-order valence-electron chi connectivity index (χ1n) is 10.4. The quantitative estimate of drug-likeness (QED) is 0.115. The van der Waals surface area contributed by atoms with E-state index in [9.17, 15) is 5.11 Å². The van der Waals surface area contributed by atoms with Gasteiger partial charge >= 0.3 is 0 Å². The number of aliphatic hydroxyl groups is 1. The normalized spacial score (nSPS) is 15.6. The van der Waals surface area contributed by atoms with E-state index in [-0.39, 0.29) is 6.61 Å². The zero-order valence-electron chi connectivity index (χ0n) is 18.1. The second-order valence-corrected chi connectivity index (χ2v) is 8.52. The summed E-state index contributed by atoms with van der Waals surface area (Å²) in [5.41, 5.74) is 2.87. The van der Waals surface area contributed by atoms with Crippen LogP contribution in [0.1, 0.15) is 38.4 Å². The fourth-order valence-electron chi connectivity index (χ4n) is 3.12. The van der Waals surface area contributed by atoms with E-state index in [0.29, 0.717) is 37.4 Å². The van der Waals surface area contributed by atoms with Crippen molar-refractivity contribution in [3.05, 3.63) is 34.7 Å². The number of ether oxygens (including phenoxy) is 2. The Hall–Kier alpha value is -1.27. The number of hydrogen-bond acceptors (Lipinski definition) is 8. The van der Waals surface area contributed by atoms with Crippen molar-refractivity contribution in [1.29, 1.82) is 5.41 Å². The number of aliphatic hydroxyl groups excluding tert-OH is 1. The molecule has 5 N–H and O–H groups in total. The fourth-order valence-corrected chi connectivity index (χ4v) is 4.04. The van der Waals surface area contributed by atoms with E-state index < -0.39 is 11.9 Å². The number of aryl methyl sites for hydroxylation is 1. The third kappa shape index (κ3) is 7.77. The van der Waals surface area contributed by atoms with Gasteiger partial charge in [-0.3, -0.25) is 3.53 Å². The lowest BCUT2D eigenvalue weighted by Gasteiger charge is -2.27. The van der Waals surface area contributed by atoms with Crippen LogP contribution >= 0.6 is 22.9 Å². The Labute approximate surface area is 193 Å². The molecule has 1 unspecified atom stereocenters. The molecule has 1 aromatic rings. The van der Waals surface area contributed by atoms with Crippen molar-refractivity contribution in [2.75, 3.05) is 38.2 Å².